The van der Waals surface area contributed by atoms with Gasteiger partial charge in [-0.1, -0.05) is 32.4 Å². The van der Waals surface area contributed by atoms with E-state index in [4.69, 9.17) is 4.74 Å². The SMILES string of the molecule is CC(C)COC(=O)N1CCN(c2cccc3cc(S(=O)(=O)N4CCCCC4)cnc23)CC1. The number of carbonyl (C=O) groups is 1. The van der Waals surface area contributed by atoms with Gasteiger partial charge in [-0.25, -0.2) is 13.2 Å². The highest BCUT2D eigenvalue weighted by molar-refractivity contribution is 7.89. The lowest BCUT2D eigenvalue weighted by atomic mass is 10.1. The molecular weight excluding hydrogens is 428 g/mol. The van der Waals surface area contributed by atoms with E-state index in [1.807, 2.05) is 32.0 Å². The summed E-state index contributed by atoms with van der Waals surface area (Å²) in [7, 11) is -3.52. The summed E-state index contributed by atoms with van der Waals surface area (Å²) in [5.74, 6) is 0.311. The highest BCUT2D eigenvalue weighted by Crippen LogP contribution is 2.29. The van der Waals surface area contributed by atoms with Crippen LogP contribution in [0.4, 0.5) is 10.5 Å². The van der Waals surface area contributed by atoms with Crippen LogP contribution in [0.5, 0.6) is 0 Å². The predicted molar refractivity (Wildman–Crippen MR) is 124 cm³/mol. The number of piperidine rings is 1. The Labute approximate surface area is 190 Å². The lowest BCUT2D eigenvalue weighted by Gasteiger charge is -2.35. The van der Waals surface area contributed by atoms with E-state index in [9.17, 15) is 13.2 Å². The van der Waals surface area contributed by atoms with Gasteiger partial charge in [0.1, 0.15) is 4.90 Å². The van der Waals surface area contributed by atoms with E-state index in [1.54, 1.807) is 15.3 Å². The third-order valence-corrected chi connectivity index (χ3v) is 7.90. The van der Waals surface area contributed by atoms with Crippen molar-refractivity contribution in [2.75, 3.05) is 50.8 Å². The van der Waals surface area contributed by atoms with E-state index in [2.05, 4.69) is 9.88 Å². The maximum absolute atomic E-state index is 13.0. The highest BCUT2D eigenvalue weighted by Gasteiger charge is 2.27. The number of nitrogens with zero attached hydrogens (tertiary/aromatic N) is 4. The van der Waals surface area contributed by atoms with Crippen molar-refractivity contribution in [3.05, 3.63) is 30.5 Å². The van der Waals surface area contributed by atoms with Crippen LogP contribution in [-0.2, 0) is 14.8 Å². The molecule has 0 spiro atoms. The smallest absolute Gasteiger partial charge is 0.409 e. The molecule has 0 N–H and O–H groups in total. The van der Waals surface area contributed by atoms with E-state index < -0.39 is 10.0 Å². The Balaban J connectivity index is 1.49. The van der Waals surface area contributed by atoms with Gasteiger partial charge in [0.05, 0.1) is 17.8 Å². The van der Waals surface area contributed by atoms with Crippen LogP contribution in [0.15, 0.2) is 35.4 Å². The predicted octanol–water partition coefficient (Wildman–Crippen LogP) is 3.32. The Morgan fingerprint density at radius 3 is 2.47 bits per heavy atom. The van der Waals surface area contributed by atoms with Crippen LogP contribution >= 0.6 is 0 Å². The number of aromatic nitrogens is 1. The van der Waals surface area contributed by atoms with Gasteiger partial charge in [0, 0.05) is 50.9 Å². The number of hydrogen-bond donors (Lipinski definition) is 0. The van der Waals surface area contributed by atoms with E-state index in [0.717, 1.165) is 35.9 Å². The minimum absolute atomic E-state index is 0.252. The number of para-hydroxylation sites is 1. The molecule has 1 aromatic carbocycles. The average molecular weight is 461 g/mol. The second-order valence-electron chi connectivity index (χ2n) is 8.93. The average Bonchev–Trinajstić information content (AvgIpc) is 2.82. The second-order valence-corrected chi connectivity index (χ2v) is 10.9. The molecule has 0 unspecified atom stereocenters. The van der Waals surface area contributed by atoms with Crippen LogP contribution in [0.1, 0.15) is 33.1 Å². The summed E-state index contributed by atoms with van der Waals surface area (Å²) in [5.41, 5.74) is 1.74. The van der Waals surface area contributed by atoms with Crippen LogP contribution in [0.25, 0.3) is 10.9 Å². The molecule has 2 saturated heterocycles. The first kappa shape index (κ1) is 22.8. The molecule has 8 nitrogen and oxygen atoms in total. The first-order valence-electron chi connectivity index (χ1n) is 11.4. The number of anilines is 1. The fraction of sp³-hybridized carbons (Fsp3) is 0.565. The fourth-order valence-electron chi connectivity index (χ4n) is 4.23. The van der Waals surface area contributed by atoms with Crippen molar-refractivity contribution in [3.8, 4) is 0 Å². The van der Waals surface area contributed by atoms with Crippen molar-refractivity contribution in [2.24, 2.45) is 5.92 Å². The number of piperazine rings is 1. The number of amides is 1. The number of benzene rings is 1. The minimum atomic E-state index is -3.52. The minimum Gasteiger partial charge on any atom is -0.449 e. The Hall–Kier alpha value is -2.39. The quantitative estimate of drug-likeness (QED) is 0.681. The van der Waals surface area contributed by atoms with Crippen molar-refractivity contribution in [3.63, 3.8) is 0 Å². The summed E-state index contributed by atoms with van der Waals surface area (Å²) in [6, 6.07) is 7.57. The van der Waals surface area contributed by atoms with Gasteiger partial charge in [0.25, 0.3) is 0 Å². The van der Waals surface area contributed by atoms with Crippen molar-refractivity contribution in [1.29, 1.82) is 0 Å². The van der Waals surface area contributed by atoms with Crippen molar-refractivity contribution < 1.29 is 17.9 Å². The summed E-state index contributed by atoms with van der Waals surface area (Å²) in [6.45, 7) is 8.10. The molecule has 1 aromatic heterocycles. The Morgan fingerprint density at radius 1 is 1.06 bits per heavy atom. The summed E-state index contributed by atoms with van der Waals surface area (Å²) in [5, 5.41) is 0.805. The Bertz CT molecular complexity index is 1060. The molecule has 1 amide bonds. The molecule has 174 valence electrons. The normalized spacial score (nSPS) is 18.3. The molecule has 32 heavy (non-hydrogen) atoms. The van der Waals surface area contributed by atoms with Gasteiger partial charge in [-0.05, 0) is 30.9 Å². The van der Waals surface area contributed by atoms with Gasteiger partial charge in [-0.2, -0.15) is 4.31 Å². The third kappa shape index (κ3) is 4.83. The lowest BCUT2D eigenvalue weighted by Crippen LogP contribution is -2.49. The molecule has 0 radical (unpaired) electrons. The van der Waals surface area contributed by atoms with Gasteiger partial charge < -0.3 is 14.5 Å². The monoisotopic (exact) mass is 460 g/mol. The summed E-state index contributed by atoms with van der Waals surface area (Å²) >= 11 is 0. The number of fused-ring (bicyclic) bond motifs is 1. The number of hydrogen-bond acceptors (Lipinski definition) is 6. The summed E-state index contributed by atoms with van der Waals surface area (Å²) in [6.07, 6.45) is 4.11. The number of sulfonamides is 1. The molecule has 2 aliphatic heterocycles. The van der Waals surface area contributed by atoms with Crippen LogP contribution in [0, 0.1) is 5.92 Å². The maximum atomic E-state index is 13.0. The van der Waals surface area contributed by atoms with E-state index in [0.29, 0.717) is 51.8 Å². The first-order chi connectivity index (χ1) is 15.4. The van der Waals surface area contributed by atoms with Crippen LogP contribution in [0.2, 0.25) is 0 Å². The molecule has 2 aliphatic rings. The zero-order chi connectivity index (χ0) is 22.7. The molecule has 0 saturated carbocycles. The zero-order valence-electron chi connectivity index (χ0n) is 18.9. The van der Waals surface area contributed by atoms with Crippen molar-refractivity contribution in [2.45, 2.75) is 38.0 Å². The first-order valence-corrected chi connectivity index (χ1v) is 12.9. The molecule has 0 aliphatic carbocycles. The van der Waals surface area contributed by atoms with E-state index in [-0.39, 0.29) is 11.0 Å². The van der Waals surface area contributed by atoms with Gasteiger partial charge in [-0.3, -0.25) is 4.98 Å². The van der Waals surface area contributed by atoms with Gasteiger partial charge in [0.15, 0.2) is 0 Å². The highest BCUT2D eigenvalue weighted by atomic mass is 32.2. The molecule has 0 atom stereocenters. The number of pyridine rings is 1. The molecule has 4 rings (SSSR count). The number of carbonyl (C=O) groups excluding carboxylic acids is 1. The second kappa shape index (κ2) is 9.62. The Morgan fingerprint density at radius 2 is 1.78 bits per heavy atom. The third-order valence-electron chi connectivity index (χ3n) is 6.04. The van der Waals surface area contributed by atoms with Gasteiger partial charge in [0.2, 0.25) is 10.0 Å². The molecule has 3 heterocycles. The van der Waals surface area contributed by atoms with Crippen LogP contribution in [0.3, 0.4) is 0 Å². The largest absolute Gasteiger partial charge is 0.449 e. The summed E-state index contributed by atoms with van der Waals surface area (Å²) < 4.78 is 33.0. The molecule has 2 aromatic rings. The Kier molecular flexibility index (Phi) is 6.85. The fourth-order valence-corrected chi connectivity index (χ4v) is 5.73. The van der Waals surface area contributed by atoms with Crippen molar-refractivity contribution >= 4 is 32.7 Å². The zero-order valence-corrected chi connectivity index (χ0v) is 19.7. The molecule has 2 fully saturated rings. The van der Waals surface area contributed by atoms with Gasteiger partial charge in [-0.15, -0.1) is 0 Å². The number of rotatable bonds is 5. The van der Waals surface area contributed by atoms with Gasteiger partial charge >= 0.3 is 6.09 Å². The van der Waals surface area contributed by atoms with E-state index >= 15 is 0 Å². The lowest BCUT2D eigenvalue weighted by molar-refractivity contribution is 0.0902. The van der Waals surface area contributed by atoms with Crippen molar-refractivity contribution in [1.82, 2.24) is 14.2 Å². The van der Waals surface area contributed by atoms with E-state index in [1.165, 1.54) is 6.20 Å². The molecule has 9 heteroatoms. The maximum Gasteiger partial charge on any atom is 0.409 e. The summed E-state index contributed by atoms with van der Waals surface area (Å²) in [4.78, 5) is 21.0. The molecular formula is C23H32N4O4S. The molecule has 0 bridgehead atoms. The standard InChI is InChI=1S/C23H32N4O4S/c1-18(2)17-31-23(28)26-13-11-25(12-14-26)21-8-6-7-19-15-20(16-24-22(19)21)32(29,30)27-9-4-3-5-10-27/h6-8,15-16,18H,3-5,9-14,17H2,1-2H3. The number of ether oxygens (including phenoxy) is 1. The topological polar surface area (TPSA) is 83.0 Å². The van der Waals surface area contributed by atoms with Crippen LogP contribution in [-0.4, -0.2) is 74.6 Å². The van der Waals surface area contributed by atoms with Crippen LogP contribution < -0.4 is 4.90 Å².